The van der Waals surface area contributed by atoms with E-state index in [1.165, 1.54) is 28.9 Å². The molecule has 3 atom stereocenters. The number of pyridine rings is 2. The highest BCUT2D eigenvalue weighted by molar-refractivity contribution is 5.96. The molecule has 0 unspecified atom stereocenters. The first-order valence-electron chi connectivity index (χ1n) is 10.3. The molecule has 0 spiro atoms. The van der Waals surface area contributed by atoms with E-state index in [-0.39, 0.29) is 35.3 Å². The SMILES string of the molecule is NC(=O)c1ncc2cc(-c3cc(C(=O)N[C@H]4C[C@H](OC(F)(F)F)C[C@@H]4O)cnc3C(F)(F)F)ccn12. The zero-order valence-corrected chi connectivity index (χ0v) is 18.0. The minimum atomic E-state index is -4.93. The second-order valence-corrected chi connectivity index (χ2v) is 8.08. The number of aliphatic hydroxyl groups excluding tert-OH is 1. The second kappa shape index (κ2) is 9.05. The minimum absolute atomic E-state index is 0.00700. The van der Waals surface area contributed by atoms with Crippen LogP contribution in [0.5, 0.6) is 0 Å². The highest BCUT2D eigenvalue weighted by Gasteiger charge is 2.42. The molecule has 0 aromatic carbocycles. The third kappa shape index (κ3) is 5.26. The van der Waals surface area contributed by atoms with Gasteiger partial charge in [-0.2, -0.15) is 13.2 Å². The van der Waals surface area contributed by atoms with E-state index in [1.54, 1.807) is 0 Å². The highest BCUT2D eigenvalue weighted by Crippen LogP contribution is 2.37. The fourth-order valence-corrected chi connectivity index (χ4v) is 4.05. The summed E-state index contributed by atoms with van der Waals surface area (Å²) in [6, 6.07) is 2.33. The van der Waals surface area contributed by atoms with Gasteiger partial charge in [-0.1, -0.05) is 0 Å². The van der Waals surface area contributed by atoms with Gasteiger partial charge in [0.25, 0.3) is 11.8 Å². The van der Waals surface area contributed by atoms with Gasteiger partial charge in [-0.15, -0.1) is 13.2 Å². The van der Waals surface area contributed by atoms with Crippen LogP contribution in [0.3, 0.4) is 0 Å². The van der Waals surface area contributed by atoms with Crippen LogP contribution < -0.4 is 11.1 Å². The quantitative estimate of drug-likeness (QED) is 0.446. The predicted octanol–water partition coefficient (Wildman–Crippen LogP) is 2.67. The topological polar surface area (TPSA) is 132 Å². The number of imidazole rings is 1. The average Bonchev–Trinajstić information content (AvgIpc) is 3.34. The van der Waals surface area contributed by atoms with Crippen molar-refractivity contribution in [2.75, 3.05) is 0 Å². The summed E-state index contributed by atoms with van der Waals surface area (Å²) in [4.78, 5) is 31.4. The van der Waals surface area contributed by atoms with Crippen molar-refractivity contribution in [1.82, 2.24) is 19.7 Å². The molecule has 1 saturated carbocycles. The molecule has 36 heavy (non-hydrogen) atoms. The van der Waals surface area contributed by atoms with Gasteiger partial charge < -0.3 is 16.2 Å². The van der Waals surface area contributed by atoms with Crippen molar-refractivity contribution in [1.29, 1.82) is 0 Å². The van der Waals surface area contributed by atoms with E-state index in [0.29, 0.717) is 6.20 Å². The summed E-state index contributed by atoms with van der Waals surface area (Å²) in [5.41, 5.74) is 3.37. The lowest BCUT2D eigenvalue weighted by atomic mass is 10.0. The van der Waals surface area contributed by atoms with Gasteiger partial charge >= 0.3 is 12.5 Å². The Balaban J connectivity index is 1.64. The summed E-state index contributed by atoms with van der Waals surface area (Å²) in [6.45, 7) is 0. The lowest BCUT2D eigenvalue weighted by molar-refractivity contribution is -0.342. The number of nitrogens with zero attached hydrogens (tertiary/aromatic N) is 3. The predicted molar refractivity (Wildman–Crippen MR) is 109 cm³/mol. The van der Waals surface area contributed by atoms with Crippen molar-refractivity contribution >= 4 is 17.3 Å². The highest BCUT2D eigenvalue weighted by atomic mass is 19.4. The minimum Gasteiger partial charge on any atom is -0.391 e. The number of carbonyl (C=O) groups excluding carboxylic acids is 2. The van der Waals surface area contributed by atoms with E-state index in [9.17, 15) is 41.0 Å². The van der Waals surface area contributed by atoms with Crippen molar-refractivity contribution in [2.45, 2.75) is 43.6 Å². The van der Waals surface area contributed by atoms with E-state index in [4.69, 9.17) is 5.73 Å². The fraction of sp³-hybridized carbons (Fsp3) is 0.333. The summed E-state index contributed by atoms with van der Waals surface area (Å²) in [7, 11) is 0. The van der Waals surface area contributed by atoms with E-state index < -0.39 is 53.9 Å². The number of primary amides is 1. The molecule has 4 N–H and O–H groups in total. The number of nitrogens with one attached hydrogen (secondary N) is 1. The number of rotatable bonds is 5. The zero-order valence-electron chi connectivity index (χ0n) is 18.0. The lowest BCUT2D eigenvalue weighted by Gasteiger charge is -2.18. The molecule has 1 fully saturated rings. The normalized spacial score (nSPS) is 20.6. The van der Waals surface area contributed by atoms with Gasteiger partial charge in [-0.3, -0.25) is 23.7 Å². The monoisotopic (exact) mass is 517 g/mol. The third-order valence-corrected chi connectivity index (χ3v) is 5.58. The fourth-order valence-electron chi connectivity index (χ4n) is 4.05. The van der Waals surface area contributed by atoms with Crippen molar-refractivity contribution < 1.29 is 45.8 Å². The maximum absolute atomic E-state index is 13.7. The molecule has 4 rings (SSSR count). The first-order chi connectivity index (χ1) is 16.7. The molecule has 3 heterocycles. The third-order valence-electron chi connectivity index (χ3n) is 5.58. The molecular formula is C21H17F6N5O4. The number of ether oxygens (including phenoxy) is 1. The van der Waals surface area contributed by atoms with Crippen LogP contribution in [0.2, 0.25) is 0 Å². The Morgan fingerprint density at radius 1 is 1.11 bits per heavy atom. The van der Waals surface area contributed by atoms with Crippen LogP contribution in [0.15, 0.2) is 36.8 Å². The van der Waals surface area contributed by atoms with Crippen LogP contribution in [-0.4, -0.2) is 55.9 Å². The van der Waals surface area contributed by atoms with Crippen molar-refractivity contribution in [2.24, 2.45) is 5.73 Å². The Labute approximate surface area is 197 Å². The standard InChI is InChI=1S/C21H17F6N5O4/c22-20(23,24)16-13(9-1-2-32-11(3-9)8-30-18(32)17(28)34)4-10(7-29-16)19(35)31-14-5-12(6-15(14)33)36-21(25,26)27/h1-4,7-8,12,14-15,33H,5-6H2,(H2,28,34)(H,31,35)/t12-,14-,15-/m0/s1. The van der Waals surface area contributed by atoms with Gasteiger partial charge in [0.2, 0.25) is 5.82 Å². The maximum Gasteiger partial charge on any atom is 0.522 e. The molecule has 0 bridgehead atoms. The Kier molecular flexibility index (Phi) is 6.38. The van der Waals surface area contributed by atoms with E-state index in [0.717, 1.165) is 6.07 Å². The summed E-state index contributed by atoms with van der Waals surface area (Å²) in [5, 5.41) is 12.3. The molecule has 0 saturated heterocycles. The summed E-state index contributed by atoms with van der Waals surface area (Å²) < 4.78 is 83.5. The molecule has 15 heteroatoms. The largest absolute Gasteiger partial charge is 0.522 e. The molecule has 192 valence electrons. The van der Waals surface area contributed by atoms with Crippen molar-refractivity contribution in [3.05, 3.63) is 53.9 Å². The molecule has 0 radical (unpaired) electrons. The van der Waals surface area contributed by atoms with Gasteiger partial charge in [-0.25, -0.2) is 4.98 Å². The van der Waals surface area contributed by atoms with Crippen LogP contribution in [-0.2, 0) is 10.9 Å². The summed E-state index contributed by atoms with van der Waals surface area (Å²) >= 11 is 0. The second-order valence-electron chi connectivity index (χ2n) is 8.08. The van der Waals surface area contributed by atoms with Crippen LogP contribution in [0, 0.1) is 0 Å². The molecule has 1 aliphatic carbocycles. The van der Waals surface area contributed by atoms with Gasteiger partial charge in [0.05, 0.1) is 35.5 Å². The molecule has 0 aliphatic heterocycles. The van der Waals surface area contributed by atoms with Gasteiger partial charge in [-0.05, 0) is 30.2 Å². The number of alkyl halides is 6. The van der Waals surface area contributed by atoms with E-state index in [2.05, 4.69) is 20.0 Å². The Morgan fingerprint density at radius 3 is 2.47 bits per heavy atom. The van der Waals surface area contributed by atoms with E-state index >= 15 is 0 Å². The van der Waals surface area contributed by atoms with Crippen molar-refractivity contribution in [3.63, 3.8) is 0 Å². The number of hydrogen-bond donors (Lipinski definition) is 3. The molecular weight excluding hydrogens is 500 g/mol. The molecule has 3 aromatic rings. The average molecular weight is 517 g/mol. The zero-order chi connectivity index (χ0) is 26.4. The van der Waals surface area contributed by atoms with Crippen LogP contribution >= 0.6 is 0 Å². The van der Waals surface area contributed by atoms with Crippen LogP contribution in [0.4, 0.5) is 26.3 Å². The van der Waals surface area contributed by atoms with Crippen LogP contribution in [0.25, 0.3) is 16.6 Å². The Morgan fingerprint density at radius 2 is 1.83 bits per heavy atom. The van der Waals surface area contributed by atoms with Gasteiger partial charge in [0.15, 0.2) is 5.69 Å². The van der Waals surface area contributed by atoms with Gasteiger partial charge in [0.1, 0.15) is 0 Å². The Bertz CT molecular complexity index is 1320. The number of fused-ring (bicyclic) bond motifs is 1. The van der Waals surface area contributed by atoms with E-state index in [1.807, 2.05) is 0 Å². The number of aromatic nitrogens is 3. The number of hydrogen-bond acceptors (Lipinski definition) is 6. The van der Waals surface area contributed by atoms with Crippen molar-refractivity contribution in [3.8, 4) is 11.1 Å². The number of carbonyl (C=O) groups is 2. The lowest BCUT2D eigenvalue weighted by Crippen LogP contribution is -2.40. The number of aliphatic hydroxyl groups is 1. The van der Waals surface area contributed by atoms with Gasteiger partial charge in [0, 0.05) is 24.4 Å². The Hall–Kier alpha value is -3.72. The first-order valence-corrected chi connectivity index (χ1v) is 10.3. The molecule has 1 aliphatic rings. The van der Waals surface area contributed by atoms with Crippen LogP contribution in [0.1, 0.15) is 39.5 Å². The molecule has 2 amide bonds. The molecule has 9 nitrogen and oxygen atoms in total. The smallest absolute Gasteiger partial charge is 0.391 e. The maximum atomic E-state index is 13.7. The number of nitrogens with two attached hydrogens (primary N) is 1. The molecule has 3 aromatic heterocycles. The summed E-state index contributed by atoms with van der Waals surface area (Å²) in [6.07, 6.45) is -10.1. The first kappa shape index (κ1) is 25.4. The number of halogens is 6. The number of amides is 2. The summed E-state index contributed by atoms with van der Waals surface area (Å²) in [5.74, 6) is -1.94.